The van der Waals surface area contributed by atoms with Crippen LogP contribution in [0.25, 0.3) is 11.0 Å². The number of imidazole rings is 1. The van der Waals surface area contributed by atoms with E-state index in [1.165, 1.54) is 0 Å². The maximum absolute atomic E-state index is 9.02. The predicted molar refractivity (Wildman–Crippen MR) is 76.3 cm³/mol. The molecule has 0 aliphatic heterocycles. The number of alkyl halides is 1. The highest BCUT2D eigenvalue weighted by Gasteiger charge is 2.12. The van der Waals surface area contributed by atoms with Gasteiger partial charge in [-0.05, 0) is 24.3 Å². The Morgan fingerprint density at radius 2 is 2.20 bits per heavy atom. The van der Waals surface area contributed by atoms with Gasteiger partial charge in [-0.2, -0.15) is 10.4 Å². The molecule has 0 spiro atoms. The van der Waals surface area contributed by atoms with Crippen molar-refractivity contribution in [1.29, 1.82) is 5.26 Å². The van der Waals surface area contributed by atoms with Crippen molar-refractivity contribution in [1.82, 2.24) is 19.3 Å². The lowest BCUT2D eigenvalue weighted by Gasteiger charge is -2.05. The number of nitrogens with zero attached hydrogens (tertiary/aromatic N) is 5. The standard InChI is InChI=1S/C14H12ClN5/c1-19-5-4-11(18-19)9-20-13-6-10(8-16)2-3-12(13)17-14(20)7-15/h2-6H,7,9H2,1H3. The van der Waals surface area contributed by atoms with E-state index in [0.717, 1.165) is 22.6 Å². The average molecular weight is 286 g/mol. The zero-order valence-electron chi connectivity index (χ0n) is 10.9. The minimum absolute atomic E-state index is 0.323. The number of nitriles is 1. The van der Waals surface area contributed by atoms with Crippen molar-refractivity contribution in [2.24, 2.45) is 7.05 Å². The van der Waals surface area contributed by atoms with Crippen LogP contribution >= 0.6 is 11.6 Å². The molecule has 0 saturated heterocycles. The first kappa shape index (κ1) is 12.7. The molecule has 0 N–H and O–H groups in total. The van der Waals surface area contributed by atoms with Gasteiger partial charge in [-0.15, -0.1) is 11.6 Å². The van der Waals surface area contributed by atoms with E-state index in [1.54, 1.807) is 10.7 Å². The van der Waals surface area contributed by atoms with Crippen LogP contribution in [-0.2, 0) is 19.5 Å². The molecule has 0 aliphatic carbocycles. The van der Waals surface area contributed by atoms with Gasteiger partial charge in [0, 0.05) is 13.2 Å². The summed E-state index contributed by atoms with van der Waals surface area (Å²) in [5.41, 5.74) is 3.29. The van der Waals surface area contributed by atoms with Gasteiger partial charge in [0.05, 0.1) is 40.8 Å². The molecule has 0 radical (unpaired) electrons. The van der Waals surface area contributed by atoms with E-state index in [-0.39, 0.29) is 0 Å². The van der Waals surface area contributed by atoms with E-state index in [0.29, 0.717) is 18.0 Å². The molecule has 0 unspecified atom stereocenters. The number of fused-ring (bicyclic) bond motifs is 1. The maximum Gasteiger partial charge on any atom is 0.125 e. The SMILES string of the molecule is Cn1ccc(Cn2c(CCl)nc3ccc(C#N)cc32)n1. The van der Waals surface area contributed by atoms with E-state index in [4.69, 9.17) is 16.9 Å². The first-order valence-corrected chi connectivity index (χ1v) is 6.68. The summed E-state index contributed by atoms with van der Waals surface area (Å²) in [5, 5.41) is 13.4. The summed E-state index contributed by atoms with van der Waals surface area (Å²) >= 11 is 5.97. The number of halogens is 1. The number of hydrogen-bond donors (Lipinski definition) is 0. The van der Waals surface area contributed by atoms with Crippen LogP contribution in [0.4, 0.5) is 0 Å². The molecule has 20 heavy (non-hydrogen) atoms. The zero-order valence-corrected chi connectivity index (χ0v) is 11.7. The fourth-order valence-electron chi connectivity index (χ4n) is 2.23. The van der Waals surface area contributed by atoms with Crippen LogP contribution in [0.5, 0.6) is 0 Å². The van der Waals surface area contributed by atoms with E-state index < -0.39 is 0 Å². The van der Waals surface area contributed by atoms with Gasteiger partial charge in [0.25, 0.3) is 0 Å². The second kappa shape index (κ2) is 4.99. The molecule has 5 nitrogen and oxygen atoms in total. The molecule has 3 aromatic rings. The smallest absolute Gasteiger partial charge is 0.125 e. The highest BCUT2D eigenvalue weighted by atomic mass is 35.5. The molecule has 0 bridgehead atoms. The molecule has 0 fully saturated rings. The van der Waals surface area contributed by atoms with Gasteiger partial charge in [0.1, 0.15) is 5.82 Å². The van der Waals surface area contributed by atoms with Gasteiger partial charge in [-0.25, -0.2) is 4.98 Å². The highest BCUT2D eigenvalue weighted by molar-refractivity contribution is 6.16. The van der Waals surface area contributed by atoms with Crippen molar-refractivity contribution in [2.45, 2.75) is 12.4 Å². The van der Waals surface area contributed by atoms with Crippen LogP contribution in [0.3, 0.4) is 0 Å². The molecule has 1 aromatic carbocycles. The number of aromatic nitrogens is 4. The average Bonchev–Trinajstić information content (AvgIpc) is 3.03. The quantitative estimate of drug-likeness (QED) is 0.695. The van der Waals surface area contributed by atoms with Crippen molar-refractivity contribution in [3.63, 3.8) is 0 Å². The van der Waals surface area contributed by atoms with E-state index >= 15 is 0 Å². The second-order valence-electron chi connectivity index (χ2n) is 4.54. The van der Waals surface area contributed by atoms with Crippen LogP contribution in [-0.4, -0.2) is 19.3 Å². The molecule has 0 aliphatic rings. The van der Waals surface area contributed by atoms with Gasteiger partial charge >= 0.3 is 0 Å². The van der Waals surface area contributed by atoms with E-state index in [1.807, 2.05) is 36.0 Å². The summed E-state index contributed by atoms with van der Waals surface area (Å²) < 4.78 is 3.76. The third kappa shape index (κ3) is 2.15. The number of rotatable bonds is 3. The van der Waals surface area contributed by atoms with Gasteiger partial charge in [0.2, 0.25) is 0 Å². The Labute approximate surface area is 121 Å². The lowest BCUT2D eigenvalue weighted by atomic mass is 10.2. The first-order valence-electron chi connectivity index (χ1n) is 6.15. The largest absolute Gasteiger partial charge is 0.321 e. The first-order chi connectivity index (χ1) is 9.71. The molecular formula is C14H12ClN5. The van der Waals surface area contributed by atoms with E-state index in [9.17, 15) is 0 Å². The molecule has 3 rings (SSSR count). The molecule has 0 amide bonds. The van der Waals surface area contributed by atoms with Crippen molar-refractivity contribution >= 4 is 22.6 Å². The monoisotopic (exact) mass is 285 g/mol. The third-order valence-corrected chi connectivity index (χ3v) is 3.40. The topological polar surface area (TPSA) is 59.4 Å². The number of hydrogen-bond acceptors (Lipinski definition) is 3. The Bertz CT molecular complexity index is 809. The van der Waals surface area contributed by atoms with Crippen molar-refractivity contribution in [3.05, 3.63) is 47.5 Å². The molecule has 0 saturated carbocycles. The third-order valence-electron chi connectivity index (χ3n) is 3.16. The Hall–Kier alpha value is -2.32. The van der Waals surface area contributed by atoms with Gasteiger partial charge in [-0.3, -0.25) is 4.68 Å². The van der Waals surface area contributed by atoms with Crippen LogP contribution in [0, 0.1) is 11.3 Å². The van der Waals surface area contributed by atoms with Crippen molar-refractivity contribution in [3.8, 4) is 6.07 Å². The summed E-state index contributed by atoms with van der Waals surface area (Å²) in [6.07, 6.45) is 1.90. The fourth-order valence-corrected chi connectivity index (χ4v) is 2.43. The lowest BCUT2D eigenvalue weighted by Crippen LogP contribution is -2.05. The maximum atomic E-state index is 9.02. The van der Waals surface area contributed by atoms with Crippen molar-refractivity contribution < 1.29 is 0 Å². The summed E-state index contributed by atoms with van der Waals surface area (Å²) in [5.74, 6) is 1.10. The van der Waals surface area contributed by atoms with E-state index in [2.05, 4.69) is 16.2 Å². The minimum atomic E-state index is 0.323. The molecule has 6 heteroatoms. The van der Waals surface area contributed by atoms with Crippen molar-refractivity contribution in [2.75, 3.05) is 0 Å². The van der Waals surface area contributed by atoms with Gasteiger partial charge in [0.15, 0.2) is 0 Å². The zero-order chi connectivity index (χ0) is 14.1. The molecule has 2 heterocycles. The summed E-state index contributed by atoms with van der Waals surface area (Å²) in [7, 11) is 1.88. The molecule has 2 aromatic heterocycles. The number of aryl methyl sites for hydroxylation is 1. The highest BCUT2D eigenvalue weighted by Crippen LogP contribution is 2.20. The Balaban J connectivity index is 2.13. The second-order valence-corrected chi connectivity index (χ2v) is 4.81. The van der Waals surface area contributed by atoms with Crippen LogP contribution in [0.15, 0.2) is 30.5 Å². The summed E-state index contributed by atoms with van der Waals surface area (Å²) in [6, 6.07) is 9.55. The Morgan fingerprint density at radius 3 is 2.85 bits per heavy atom. The normalized spacial score (nSPS) is 10.8. The minimum Gasteiger partial charge on any atom is -0.321 e. The van der Waals surface area contributed by atoms with Crippen LogP contribution in [0.2, 0.25) is 0 Å². The van der Waals surface area contributed by atoms with Gasteiger partial charge < -0.3 is 4.57 Å². The Morgan fingerprint density at radius 1 is 1.35 bits per heavy atom. The summed E-state index contributed by atoms with van der Waals surface area (Å²) in [6.45, 7) is 0.592. The lowest BCUT2D eigenvalue weighted by molar-refractivity contribution is 0.701. The van der Waals surface area contributed by atoms with Crippen LogP contribution < -0.4 is 0 Å². The van der Waals surface area contributed by atoms with Gasteiger partial charge in [-0.1, -0.05) is 0 Å². The van der Waals surface area contributed by atoms with Crippen LogP contribution in [0.1, 0.15) is 17.1 Å². The molecular weight excluding hydrogens is 274 g/mol. The fraction of sp³-hybridized carbons (Fsp3) is 0.214. The predicted octanol–water partition coefficient (Wildman–Crippen LogP) is 2.43. The molecule has 0 atom stereocenters. The molecule has 100 valence electrons. The number of benzene rings is 1. The summed E-state index contributed by atoms with van der Waals surface area (Å²) in [4.78, 5) is 4.50. The Kier molecular flexibility index (Phi) is 3.17.